The van der Waals surface area contributed by atoms with Crippen molar-refractivity contribution < 1.29 is 19.1 Å². The lowest BCUT2D eigenvalue weighted by Gasteiger charge is -2.28. The third-order valence-electron chi connectivity index (χ3n) is 5.62. The highest BCUT2D eigenvalue weighted by molar-refractivity contribution is 5.95. The summed E-state index contributed by atoms with van der Waals surface area (Å²) >= 11 is 0. The first-order valence-electron chi connectivity index (χ1n) is 10.7. The van der Waals surface area contributed by atoms with Gasteiger partial charge in [0.1, 0.15) is 12.4 Å². The van der Waals surface area contributed by atoms with Crippen LogP contribution in [-0.2, 0) is 16.1 Å². The van der Waals surface area contributed by atoms with Gasteiger partial charge in [-0.25, -0.2) is 9.59 Å². The van der Waals surface area contributed by atoms with Gasteiger partial charge in [0.15, 0.2) is 0 Å². The molecule has 2 N–H and O–H groups in total. The third-order valence-corrected chi connectivity index (χ3v) is 5.62. The number of hydrogen-bond donors (Lipinski definition) is 2. The van der Waals surface area contributed by atoms with E-state index in [1.807, 2.05) is 55.5 Å². The molecule has 0 aromatic heterocycles. The number of allylic oxidation sites excluding steroid dienone is 1. The fourth-order valence-corrected chi connectivity index (χ4v) is 3.81. The largest absolute Gasteiger partial charge is 0.497 e. The number of carbonyl (C=O) groups is 2. The molecule has 1 aliphatic heterocycles. The van der Waals surface area contributed by atoms with Gasteiger partial charge in [-0.05, 0) is 54.3 Å². The van der Waals surface area contributed by atoms with Crippen LogP contribution in [0.1, 0.15) is 29.7 Å². The number of carbonyl (C=O) groups excluding carboxylic acids is 2. The maximum Gasteiger partial charge on any atom is 0.338 e. The van der Waals surface area contributed by atoms with Crippen LogP contribution in [0.25, 0.3) is 11.1 Å². The molecule has 1 unspecified atom stereocenters. The van der Waals surface area contributed by atoms with E-state index in [9.17, 15) is 9.59 Å². The van der Waals surface area contributed by atoms with Crippen molar-refractivity contribution in [1.82, 2.24) is 10.6 Å². The molecule has 0 fully saturated rings. The lowest BCUT2D eigenvalue weighted by atomic mass is 9.93. The summed E-state index contributed by atoms with van der Waals surface area (Å²) in [4.78, 5) is 25.3. The predicted octanol–water partition coefficient (Wildman–Crippen LogP) is 5.04. The standard InChI is InChI=1S/C27H26N2O4/c1-17-7-11-20(12-8-17)21-5-4-6-22(15-21)25-24(18(2)28-27(31)29-25)26(30)33-16-19-9-13-23(32-3)14-10-19/h4-15,25H,16H2,1-3H3,(H2,28,29,31). The monoisotopic (exact) mass is 442 g/mol. The summed E-state index contributed by atoms with van der Waals surface area (Å²) in [6.07, 6.45) is 0. The molecule has 0 bridgehead atoms. The fraction of sp³-hybridized carbons (Fsp3) is 0.185. The number of ether oxygens (including phenoxy) is 2. The quantitative estimate of drug-likeness (QED) is 0.524. The highest BCUT2D eigenvalue weighted by atomic mass is 16.5. The van der Waals surface area contributed by atoms with Gasteiger partial charge in [-0.15, -0.1) is 0 Å². The Bertz CT molecular complexity index is 1200. The van der Waals surface area contributed by atoms with Crippen molar-refractivity contribution in [2.24, 2.45) is 0 Å². The topological polar surface area (TPSA) is 76.7 Å². The molecule has 3 aromatic rings. The number of esters is 1. The summed E-state index contributed by atoms with van der Waals surface area (Å²) in [5.74, 6) is 0.248. The summed E-state index contributed by atoms with van der Waals surface area (Å²) < 4.78 is 10.8. The van der Waals surface area contributed by atoms with Gasteiger partial charge in [-0.2, -0.15) is 0 Å². The van der Waals surface area contributed by atoms with E-state index in [-0.39, 0.29) is 12.6 Å². The van der Waals surface area contributed by atoms with Gasteiger partial charge in [0, 0.05) is 5.70 Å². The van der Waals surface area contributed by atoms with Crippen molar-refractivity contribution in [1.29, 1.82) is 0 Å². The van der Waals surface area contributed by atoms with Crippen LogP contribution >= 0.6 is 0 Å². The molecule has 0 aliphatic carbocycles. The number of rotatable bonds is 6. The van der Waals surface area contributed by atoms with E-state index in [2.05, 4.69) is 34.9 Å². The second-order valence-corrected chi connectivity index (χ2v) is 7.99. The molecular weight excluding hydrogens is 416 g/mol. The minimum absolute atomic E-state index is 0.115. The Morgan fingerprint density at radius 3 is 2.36 bits per heavy atom. The third kappa shape index (κ3) is 5.06. The van der Waals surface area contributed by atoms with E-state index in [4.69, 9.17) is 9.47 Å². The van der Waals surface area contributed by atoms with Crippen molar-refractivity contribution in [3.8, 4) is 16.9 Å². The number of benzene rings is 3. The Morgan fingerprint density at radius 2 is 1.67 bits per heavy atom. The molecule has 0 spiro atoms. The highest BCUT2D eigenvalue weighted by Crippen LogP contribution is 2.31. The Labute approximate surface area is 193 Å². The lowest BCUT2D eigenvalue weighted by molar-refractivity contribution is -0.140. The molecule has 0 radical (unpaired) electrons. The Kier molecular flexibility index (Phi) is 6.45. The van der Waals surface area contributed by atoms with E-state index in [1.165, 1.54) is 5.56 Å². The molecule has 6 heteroatoms. The van der Waals surface area contributed by atoms with Crippen LogP contribution in [-0.4, -0.2) is 19.1 Å². The minimum Gasteiger partial charge on any atom is -0.497 e. The van der Waals surface area contributed by atoms with Crippen LogP contribution in [0.4, 0.5) is 4.79 Å². The molecule has 33 heavy (non-hydrogen) atoms. The zero-order valence-corrected chi connectivity index (χ0v) is 18.8. The molecule has 1 aliphatic rings. The maximum absolute atomic E-state index is 13.1. The summed E-state index contributed by atoms with van der Waals surface area (Å²) in [6, 6.07) is 22.4. The molecule has 168 valence electrons. The number of amides is 2. The molecule has 3 aromatic carbocycles. The first-order valence-corrected chi connectivity index (χ1v) is 10.7. The molecule has 4 rings (SSSR count). The first kappa shape index (κ1) is 22.1. The van der Waals surface area contributed by atoms with E-state index < -0.39 is 12.0 Å². The highest BCUT2D eigenvalue weighted by Gasteiger charge is 2.32. The zero-order chi connectivity index (χ0) is 23.4. The van der Waals surface area contributed by atoms with Gasteiger partial charge in [0.05, 0.1) is 18.7 Å². The summed E-state index contributed by atoms with van der Waals surface area (Å²) in [5, 5.41) is 5.56. The Hall–Kier alpha value is -4.06. The molecule has 0 saturated heterocycles. The second kappa shape index (κ2) is 9.61. The molecule has 1 heterocycles. The Morgan fingerprint density at radius 1 is 0.939 bits per heavy atom. The van der Waals surface area contributed by atoms with E-state index in [0.29, 0.717) is 11.3 Å². The van der Waals surface area contributed by atoms with Crippen molar-refractivity contribution in [2.45, 2.75) is 26.5 Å². The van der Waals surface area contributed by atoms with Crippen molar-refractivity contribution in [2.75, 3.05) is 7.11 Å². The minimum atomic E-state index is -0.618. The van der Waals surface area contributed by atoms with Gasteiger partial charge in [-0.3, -0.25) is 0 Å². The van der Waals surface area contributed by atoms with Gasteiger partial charge >= 0.3 is 12.0 Å². The zero-order valence-electron chi connectivity index (χ0n) is 18.8. The van der Waals surface area contributed by atoms with Crippen LogP contribution in [0.2, 0.25) is 0 Å². The molecule has 1 atom stereocenters. The van der Waals surface area contributed by atoms with Crippen molar-refractivity contribution in [3.05, 3.63) is 101 Å². The van der Waals surface area contributed by atoms with Crippen LogP contribution in [0, 0.1) is 6.92 Å². The van der Waals surface area contributed by atoms with E-state index in [1.54, 1.807) is 14.0 Å². The van der Waals surface area contributed by atoms with Crippen LogP contribution < -0.4 is 15.4 Å². The van der Waals surface area contributed by atoms with Crippen LogP contribution in [0.15, 0.2) is 84.1 Å². The summed E-state index contributed by atoms with van der Waals surface area (Å²) in [5.41, 5.74) is 5.75. The molecule has 6 nitrogen and oxygen atoms in total. The average molecular weight is 443 g/mol. The molecule has 2 amide bonds. The molecular formula is C27H26N2O4. The normalized spacial score (nSPS) is 15.5. The molecule has 0 saturated carbocycles. The SMILES string of the molecule is COc1ccc(COC(=O)C2=C(C)NC(=O)NC2c2cccc(-c3ccc(C)cc3)c2)cc1. The van der Waals surface area contributed by atoms with Gasteiger partial charge in [0.25, 0.3) is 0 Å². The summed E-state index contributed by atoms with van der Waals surface area (Å²) in [7, 11) is 1.60. The van der Waals surface area contributed by atoms with Gasteiger partial charge < -0.3 is 20.1 Å². The van der Waals surface area contributed by atoms with Gasteiger partial charge in [-0.1, -0.05) is 60.2 Å². The maximum atomic E-state index is 13.1. The van der Waals surface area contributed by atoms with E-state index in [0.717, 1.165) is 28.0 Å². The summed E-state index contributed by atoms with van der Waals surface area (Å²) in [6.45, 7) is 3.87. The number of methoxy groups -OCH3 is 1. The van der Waals surface area contributed by atoms with Gasteiger partial charge in [0.2, 0.25) is 0 Å². The number of aryl methyl sites for hydroxylation is 1. The van der Waals surface area contributed by atoms with Crippen molar-refractivity contribution >= 4 is 12.0 Å². The lowest BCUT2D eigenvalue weighted by Crippen LogP contribution is -2.45. The average Bonchev–Trinajstić information content (AvgIpc) is 2.83. The number of urea groups is 1. The van der Waals surface area contributed by atoms with Crippen LogP contribution in [0.3, 0.4) is 0 Å². The Balaban J connectivity index is 1.59. The predicted molar refractivity (Wildman–Crippen MR) is 127 cm³/mol. The fourth-order valence-electron chi connectivity index (χ4n) is 3.81. The number of nitrogens with one attached hydrogen (secondary N) is 2. The number of hydrogen-bond acceptors (Lipinski definition) is 4. The van der Waals surface area contributed by atoms with E-state index >= 15 is 0 Å². The van der Waals surface area contributed by atoms with Crippen molar-refractivity contribution in [3.63, 3.8) is 0 Å². The first-order chi connectivity index (χ1) is 15.9. The smallest absolute Gasteiger partial charge is 0.338 e. The second-order valence-electron chi connectivity index (χ2n) is 7.99. The van der Waals surface area contributed by atoms with Crippen LogP contribution in [0.5, 0.6) is 5.75 Å².